The third-order valence-corrected chi connectivity index (χ3v) is 2.59. The molecule has 0 aliphatic heterocycles. The molecule has 3 nitrogen and oxygen atoms in total. The van der Waals surface area contributed by atoms with E-state index in [0.29, 0.717) is 11.4 Å². The van der Waals surface area contributed by atoms with Crippen LogP contribution in [0.5, 0.6) is 0 Å². The Labute approximate surface area is 105 Å². The summed E-state index contributed by atoms with van der Waals surface area (Å²) in [6.45, 7) is 3.48. The Morgan fingerprint density at radius 2 is 1.83 bits per heavy atom. The summed E-state index contributed by atoms with van der Waals surface area (Å²) in [6.07, 6.45) is 3.13. The second-order valence-electron chi connectivity index (χ2n) is 4.25. The summed E-state index contributed by atoms with van der Waals surface area (Å²) < 4.78 is 13.9. The van der Waals surface area contributed by atoms with E-state index in [0.717, 1.165) is 0 Å². The van der Waals surface area contributed by atoms with Gasteiger partial charge in [-0.1, -0.05) is 26.0 Å². The van der Waals surface area contributed by atoms with Crippen LogP contribution in [0.4, 0.5) is 4.39 Å². The van der Waals surface area contributed by atoms with Crippen molar-refractivity contribution in [1.29, 1.82) is 0 Å². The first-order chi connectivity index (χ1) is 8.61. The second-order valence-corrected chi connectivity index (χ2v) is 4.25. The van der Waals surface area contributed by atoms with Gasteiger partial charge >= 0.3 is 0 Å². The number of nitrogens with zero attached hydrogens (tertiary/aromatic N) is 2. The molecule has 2 rings (SSSR count). The number of Topliss-reactive ketones (excluding diaryl/α,β-unsaturated/α-hetero) is 1. The number of hydrogen-bond donors (Lipinski definition) is 0. The highest BCUT2D eigenvalue weighted by Gasteiger charge is 2.21. The van der Waals surface area contributed by atoms with Crippen LogP contribution in [0.1, 0.15) is 24.2 Å². The molecule has 4 heteroatoms. The van der Waals surface area contributed by atoms with Gasteiger partial charge in [-0.15, -0.1) is 0 Å². The standard InChI is InChI=1S/C14H13FN2O/c1-9(2)13(18)12-10(5-3-6-11(12)15)14-16-7-4-8-17-14/h3-9H,1-2H3. The predicted octanol–water partition coefficient (Wildman–Crippen LogP) is 3.12. The minimum Gasteiger partial charge on any atom is -0.294 e. The zero-order chi connectivity index (χ0) is 13.1. The summed E-state index contributed by atoms with van der Waals surface area (Å²) in [6, 6.07) is 6.17. The molecule has 0 saturated heterocycles. The van der Waals surface area contributed by atoms with Crippen LogP contribution >= 0.6 is 0 Å². The molecule has 0 saturated carbocycles. The molecule has 1 aromatic carbocycles. The van der Waals surface area contributed by atoms with E-state index in [1.165, 1.54) is 6.07 Å². The van der Waals surface area contributed by atoms with E-state index in [1.807, 2.05) is 0 Å². The fraction of sp³-hybridized carbons (Fsp3) is 0.214. The second kappa shape index (κ2) is 5.04. The summed E-state index contributed by atoms with van der Waals surface area (Å²) >= 11 is 0. The highest BCUT2D eigenvalue weighted by Crippen LogP contribution is 2.24. The Morgan fingerprint density at radius 1 is 1.17 bits per heavy atom. The first kappa shape index (κ1) is 12.4. The Balaban J connectivity index is 2.62. The first-order valence-corrected chi connectivity index (χ1v) is 5.71. The summed E-state index contributed by atoms with van der Waals surface area (Å²) in [4.78, 5) is 20.2. The zero-order valence-corrected chi connectivity index (χ0v) is 10.2. The third-order valence-electron chi connectivity index (χ3n) is 2.59. The number of aromatic nitrogens is 2. The lowest BCUT2D eigenvalue weighted by molar-refractivity contribution is 0.0936. The van der Waals surface area contributed by atoms with Crippen molar-refractivity contribution < 1.29 is 9.18 Å². The average Bonchev–Trinajstić information content (AvgIpc) is 2.38. The molecular weight excluding hydrogens is 231 g/mol. The Morgan fingerprint density at radius 3 is 2.44 bits per heavy atom. The lowest BCUT2D eigenvalue weighted by atomic mass is 9.95. The van der Waals surface area contributed by atoms with Gasteiger partial charge in [0.05, 0.1) is 5.56 Å². The van der Waals surface area contributed by atoms with Crippen LogP contribution in [-0.2, 0) is 0 Å². The molecule has 0 N–H and O–H groups in total. The van der Waals surface area contributed by atoms with Crippen molar-refractivity contribution >= 4 is 5.78 Å². The molecule has 0 bridgehead atoms. The normalized spacial score (nSPS) is 10.7. The zero-order valence-electron chi connectivity index (χ0n) is 10.2. The molecule has 2 aromatic rings. The van der Waals surface area contributed by atoms with Crippen LogP contribution in [0.2, 0.25) is 0 Å². The van der Waals surface area contributed by atoms with E-state index in [-0.39, 0.29) is 17.3 Å². The van der Waals surface area contributed by atoms with Gasteiger partial charge in [0.15, 0.2) is 11.6 Å². The van der Waals surface area contributed by atoms with E-state index < -0.39 is 5.82 Å². The molecule has 0 atom stereocenters. The molecule has 1 heterocycles. The monoisotopic (exact) mass is 244 g/mol. The fourth-order valence-corrected chi connectivity index (χ4v) is 1.69. The maximum Gasteiger partial charge on any atom is 0.169 e. The molecule has 0 aliphatic rings. The van der Waals surface area contributed by atoms with Crippen molar-refractivity contribution in [3.63, 3.8) is 0 Å². The number of benzene rings is 1. The molecule has 0 fully saturated rings. The first-order valence-electron chi connectivity index (χ1n) is 5.71. The number of halogens is 1. The van der Waals surface area contributed by atoms with Crippen LogP contribution in [-0.4, -0.2) is 15.8 Å². The van der Waals surface area contributed by atoms with Gasteiger partial charge in [-0.25, -0.2) is 14.4 Å². The maximum absolute atomic E-state index is 13.9. The van der Waals surface area contributed by atoms with Crippen LogP contribution in [0.3, 0.4) is 0 Å². The van der Waals surface area contributed by atoms with Crippen molar-refractivity contribution in [3.05, 3.63) is 48.0 Å². The van der Waals surface area contributed by atoms with Crippen LogP contribution < -0.4 is 0 Å². The predicted molar refractivity (Wildman–Crippen MR) is 66.6 cm³/mol. The van der Waals surface area contributed by atoms with E-state index in [1.54, 1.807) is 44.4 Å². The van der Waals surface area contributed by atoms with Crippen molar-refractivity contribution in [2.24, 2.45) is 5.92 Å². The quantitative estimate of drug-likeness (QED) is 0.779. The molecule has 0 spiro atoms. The molecule has 18 heavy (non-hydrogen) atoms. The van der Waals surface area contributed by atoms with Crippen molar-refractivity contribution in [2.45, 2.75) is 13.8 Å². The van der Waals surface area contributed by atoms with Crippen molar-refractivity contribution in [2.75, 3.05) is 0 Å². The summed E-state index contributed by atoms with van der Waals surface area (Å²) in [7, 11) is 0. The Bertz CT molecular complexity index is 567. The van der Waals surface area contributed by atoms with Crippen LogP contribution in [0.25, 0.3) is 11.4 Å². The highest BCUT2D eigenvalue weighted by molar-refractivity contribution is 6.02. The largest absolute Gasteiger partial charge is 0.294 e. The number of rotatable bonds is 3. The van der Waals surface area contributed by atoms with Crippen molar-refractivity contribution in [1.82, 2.24) is 9.97 Å². The molecule has 0 aliphatic carbocycles. The van der Waals surface area contributed by atoms with Gasteiger partial charge in [-0.3, -0.25) is 4.79 Å². The van der Waals surface area contributed by atoms with E-state index in [9.17, 15) is 9.18 Å². The number of hydrogen-bond acceptors (Lipinski definition) is 3. The van der Waals surface area contributed by atoms with E-state index in [4.69, 9.17) is 0 Å². The Kier molecular flexibility index (Phi) is 3.46. The van der Waals surface area contributed by atoms with E-state index in [2.05, 4.69) is 9.97 Å². The van der Waals surface area contributed by atoms with Gasteiger partial charge in [0.1, 0.15) is 5.82 Å². The summed E-state index contributed by atoms with van der Waals surface area (Å²) in [5.41, 5.74) is 0.507. The lowest BCUT2D eigenvalue weighted by Gasteiger charge is -2.10. The van der Waals surface area contributed by atoms with Gasteiger partial charge in [0.2, 0.25) is 0 Å². The fourth-order valence-electron chi connectivity index (χ4n) is 1.69. The lowest BCUT2D eigenvalue weighted by Crippen LogP contribution is -2.12. The minimum absolute atomic E-state index is 0.0682. The molecule has 92 valence electrons. The topological polar surface area (TPSA) is 42.9 Å². The van der Waals surface area contributed by atoms with Crippen molar-refractivity contribution in [3.8, 4) is 11.4 Å². The molecule has 0 unspecified atom stereocenters. The summed E-state index contributed by atoms with van der Waals surface area (Å²) in [5, 5.41) is 0. The number of carbonyl (C=O) groups is 1. The van der Waals surface area contributed by atoms with Gasteiger partial charge in [-0.05, 0) is 12.1 Å². The molecule has 1 aromatic heterocycles. The summed E-state index contributed by atoms with van der Waals surface area (Å²) in [5.74, 6) is -0.681. The third kappa shape index (κ3) is 2.27. The molecular formula is C14H13FN2O. The van der Waals surface area contributed by atoms with Gasteiger partial charge in [0.25, 0.3) is 0 Å². The molecule has 0 radical (unpaired) electrons. The highest BCUT2D eigenvalue weighted by atomic mass is 19.1. The van der Waals surface area contributed by atoms with Gasteiger partial charge in [0, 0.05) is 23.9 Å². The smallest absolute Gasteiger partial charge is 0.169 e. The average molecular weight is 244 g/mol. The minimum atomic E-state index is -0.529. The van der Waals surface area contributed by atoms with Gasteiger partial charge in [-0.2, -0.15) is 0 Å². The SMILES string of the molecule is CC(C)C(=O)c1c(F)cccc1-c1ncccn1. The number of ketones is 1. The van der Waals surface area contributed by atoms with Crippen LogP contribution in [0, 0.1) is 11.7 Å². The van der Waals surface area contributed by atoms with Gasteiger partial charge < -0.3 is 0 Å². The van der Waals surface area contributed by atoms with E-state index >= 15 is 0 Å². The number of carbonyl (C=O) groups excluding carboxylic acids is 1. The van der Waals surface area contributed by atoms with Crippen LogP contribution in [0.15, 0.2) is 36.7 Å². The maximum atomic E-state index is 13.9. The Hall–Kier alpha value is -2.10. The molecule has 0 amide bonds.